The predicted octanol–water partition coefficient (Wildman–Crippen LogP) is 1.76. The van der Waals surface area contributed by atoms with Crippen LogP contribution in [0.3, 0.4) is 0 Å². The summed E-state index contributed by atoms with van der Waals surface area (Å²) in [4.78, 5) is 34.3. The van der Waals surface area contributed by atoms with Crippen LogP contribution in [0.2, 0.25) is 0 Å². The van der Waals surface area contributed by atoms with Crippen molar-refractivity contribution in [1.82, 2.24) is 29.3 Å². The number of amides is 2. The average molecular weight is 475 g/mol. The Kier molecular flexibility index (Phi) is 6.15. The van der Waals surface area contributed by atoms with Crippen molar-refractivity contribution in [3.05, 3.63) is 71.7 Å². The minimum Gasteiger partial charge on any atom is -0.378 e. The second kappa shape index (κ2) is 9.55. The second-order valence-electron chi connectivity index (χ2n) is 8.43. The van der Waals surface area contributed by atoms with Crippen LogP contribution < -0.4 is 10.2 Å². The number of carbonyl (C=O) groups excluding carboxylic acids is 2. The third-order valence-electron chi connectivity index (χ3n) is 5.74. The molecule has 35 heavy (non-hydrogen) atoms. The van der Waals surface area contributed by atoms with E-state index in [0.29, 0.717) is 37.0 Å². The summed E-state index contributed by atoms with van der Waals surface area (Å²) in [5.74, 6) is -0.102. The summed E-state index contributed by atoms with van der Waals surface area (Å²) >= 11 is 0. The number of nitrogens with one attached hydrogen (secondary N) is 1. The van der Waals surface area contributed by atoms with Crippen molar-refractivity contribution in [1.29, 1.82) is 0 Å². The third kappa shape index (κ3) is 4.71. The zero-order chi connectivity index (χ0) is 24.4. The smallest absolute Gasteiger partial charge is 0.274 e. The van der Waals surface area contributed by atoms with Gasteiger partial charge in [-0.15, -0.1) is 5.10 Å². The number of hydrogen-bond acceptors (Lipinski definition) is 7. The van der Waals surface area contributed by atoms with Gasteiger partial charge >= 0.3 is 0 Å². The molecule has 11 heteroatoms. The fourth-order valence-corrected chi connectivity index (χ4v) is 3.93. The van der Waals surface area contributed by atoms with Crippen molar-refractivity contribution in [2.75, 3.05) is 50.6 Å². The number of carbonyl (C=O) groups is 2. The molecule has 1 fully saturated rings. The van der Waals surface area contributed by atoms with Gasteiger partial charge in [0.1, 0.15) is 5.69 Å². The van der Waals surface area contributed by atoms with Gasteiger partial charge in [0.25, 0.3) is 11.8 Å². The number of morpholine rings is 1. The van der Waals surface area contributed by atoms with E-state index in [9.17, 15) is 9.59 Å². The largest absolute Gasteiger partial charge is 0.378 e. The van der Waals surface area contributed by atoms with E-state index in [-0.39, 0.29) is 17.2 Å². The fraction of sp³-hybridized carbons (Fsp3) is 0.292. The maximum atomic E-state index is 13.4. The van der Waals surface area contributed by atoms with Crippen molar-refractivity contribution >= 4 is 29.1 Å². The van der Waals surface area contributed by atoms with Crippen LogP contribution in [0, 0.1) is 0 Å². The summed E-state index contributed by atoms with van der Waals surface area (Å²) in [6.07, 6.45) is 3.19. The minimum atomic E-state index is -0.430. The molecule has 2 amide bonds. The van der Waals surface area contributed by atoms with Crippen LogP contribution >= 0.6 is 0 Å². The van der Waals surface area contributed by atoms with Crippen molar-refractivity contribution in [3.63, 3.8) is 0 Å². The highest BCUT2D eigenvalue weighted by molar-refractivity contribution is 6.11. The quantitative estimate of drug-likeness (QED) is 0.453. The molecule has 0 bridgehead atoms. The molecule has 180 valence electrons. The van der Waals surface area contributed by atoms with Crippen molar-refractivity contribution in [2.24, 2.45) is 0 Å². The first-order valence-electron chi connectivity index (χ1n) is 11.3. The van der Waals surface area contributed by atoms with E-state index in [1.54, 1.807) is 41.6 Å². The SMILES string of the molecule is CN(C)C(=O)c1cnn(Cc2ccccc2)c1C(=O)Nc1ccn2nc(N3CCOCC3)nc2c1. The van der Waals surface area contributed by atoms with E-state index in [4.69, 9.17) is 4.74 Å². The molecule has 0 radical (unpaired) electrons. The van der Waals surface area contributed by atoms with Crippen LogP contribution in [0.25, 0.3) is 5.65 Å². The molecule has 0 atom stereocenters. The zero-order valence-corrected chi connectivity index (χ0v) is 19.6. The molecule has 1 aliphatic heterocycles. The Hall–Kier alpha value is -4.25. The molecule has 1 N–H and O–H groups in total. The normalized spacial score (nSPS) is 13.7. The molecule has 0 spiro atoms. The summed E-state index contributed by atoms with van der Waals surface area (Å²) in [7, 11) is 3.29. The number of ether oxygens (including phenoxy) is 1. The topological polar surface area (TPSA) is 110 Å². The van der Waals surface area contributed by atoms with Crippen molar-refractivity contribution in [3.8, 4) is 0 Å². The number of rotatable bonds is 6. The molecular formula is C24H26N8O3. The Morgan fingerprint density at radius 2 is 1.89 bits per heavy atom. The van der Waals surface area contributed by atoms with E-state index in [1.165, 1.54) is 11.1 Å². The Balaban J connectivity index is 1.43. The van der Waals surface area contributed by atoms with E-state index >= 15 is 0 Å². The number of benzene rings is 1. The van der Waals surface area contributed by atoms with Crippen LogP contribution in [0.1, 0.15) is 26.4 Å². The molecular weight excluding hydrogens is 448 g/mol. The minimum absolute atomic E-state index is 0.197. The van der Waals surface area contributed by atoms with Crippen molar-refractivity contribution < 1.29 is 14.3 Å². The third-order valence-corrected chi connectivity index (χ3v) is 5.74. The average Bonchev–Trinajstić information content (AvgIpc) is 3.49. The van der Waals surface area contributed by atoms with E-state index in [2.05, 4.69) is 25.4 Å². The van der Waals surface area contributed by atoms with Crippen molar-refractivity contribution in [2.45, 2.75) is 6.54 Å². The van der Waals surface area contributed by atoms with Gasteiger partial charge in [0.2, 0.25) is 5.95 Å². The number of anilines is 2. The Labute approximate surface area is 201 Å². The molecule has 4 aromatic rings. The molecule has 0 saturated carbocycles. The standard InChI is InChI=1S/C24H26N8O3/c1-29(2)23(34)19-15-25-32(16-17-6-4-3-5-7-17)21(19)22(33)26-18-8-9-31-20(14-18)27-24(28-31)30-10-12-35-13-11-30/h3-9,14-15H,10-13,16H2,1-2H3,(H,26,33). The number of fused-ring (bicyclic) bond motifs is 1. The lowest BCUT2D eigenvalue weighted by molar-refractivity contribution is 0.0821. The molecule has 11 nitrogen and oxygen atoms in total. The van der Waals surface area contributed by atoms with Gasteiger partial charge in [-0.05, 0) is 11.6 Å². The number of pyridine rings is 1. The van der Waals surface area contributed by atoms with Crippen LogP contribution in [0.4, 0.5) is 11.6 Å². The molecule has 1 saturated heterocycles. The van der Waals surface area contributed by atoms with Gasteiger partial charge in [-0.1, -0.05) is 30.3 Å². The number of nitrogens with zero attached hydrogens (tertiary/aromatic N) is 7. The van der Waals surface area contributed by atoms with Crippen LogP contribution in [-0.2, 0) is 11.3 Å². The monoisotopic (exact) mass is 474 g/mol. The molecule has 5 rings (SSSR count). The van der Waals surface area contributed by atoms with Gasteiger partial charge in [0.15, 0.2) is 5.65 Å². The maximum absolute atomic E-state index is 13.4. The van der Waals surface area contributed by atoms with Gasteiger partial charge < -0.3 is 19.9 Å². The highest BCUT2D eigenvalue weighted by Gasteiger charge is 2.25. The Morgan fingerprint density at radius 3 is 2.63 bits per heavy atom. The Morgan fingerprint density at radius 1 is 1.11 bits per heavy atom. The van der Waals surface area contributed by atoms with Gasteiger partial charge in [0.05, 0.1) is 31.5 Å². The van der Waals surface area contributed by atoms with E-state index < -0.39 is 5.91 Å². The highest BCUT2D eigenvalue weighted by Crippen LogP contribution is 2.19. The maximum Gasteiger partial charge on any atom is 0.274 e. The Bertz CT molecular complexity index is 1360. The van der Waals surface area contributed by atoms with Gasteiger partial charge in [-0.2, -0.15) is 10.1 Å². The van der Waals surface area contributed by atoms with Gasteiger partial charge in [-0.25, -0.2) is 4.52 Å². The first-order valence-corrected chi connectivity index (χ1v) is 11.3. The fourth-order valence-electron chi connectivity index (χ4n) is 3.93. The lowest BCUT2D eigenvalue weighted by Crippen LogP contribution is -2.36. The molecule has 1 aromatic carbocycles. The highest BCUT2D eigenvalue weighted by atomic mass is 16.5. The predicted molar refractivity (Wildman–Crippen MR) is 130 cm³/mol. The summed E-state index contributed by atoms with van der Waals surface area (Å²) < 4.78 is 8.61. The second-order valence-corrected chi connectivity index (χ2v) is 8.43. The molecule has 0 unspecified atom stereocenters. The molecule has 4 heterocycles. The molecule has 3 aromatic heterocycles. The van der Waals surface area contributed by atoms with Crippen LogP contribution in [-0.4, -0.2) is 81.5 Å². The summed E-state index contributed by atoms with van der Waals surface area (Å²) in [5, 5.41) is 11.8. The summed E-state index contributed by atoms with van der Waals surface area (Å²) in [5.41, 5.74) is 2.55. The van der Waals surface area contributed by atoms with Gasteiger partial charge in [0, 0.05) is 45.1 Å². The molecule has 1 aliphatic rings. The summed E-state index contributed by atoms with van der Waals surface area (Å²) in [6, 6.07) is 13.2. The number of hydrogen-bond donors (Lipinski definition) is 1. The summed E-state index contributed by atoms with van der Waals surface area (Å²) in [6.45, 7) is 3.10. The first kappa shape index (κ1) is 22.5. The zero-order valence-electron chi connectivity index (χ0n) is 19.6. The molecule has 0 aliphatic carbocycles. The lowest BCUT2D eigenvalue weighted by atomic mass is 10.2. The van der Waals surface area contributed by atoms with E-state index in [1.807, 2.05) is 30.3 Å². The van der Waals surface area contributed by atoms with Gasteiger partial charge in [-0.3, -0.25) is 14.3 Å². The van der Waals surface area contributed by atoms with E-state index in [0.717, 1.165) is 18.7 Å². The van der Waals surface area contributed by atoms with Crippen LogP contribution in [0.15, 0.2) is 54.9 Å². The lowest BCUT2D eigenvalue weighted by Gasteiger charge is -2.25. The first-order chi connectivity index (χ1) is 17.0. The van der Waals surface area contributed by atoms with Crippen LogP contribution in [0.5, 0.6) is 0 Å². The number of aromatic nitrogens is 5.